The molecule has 0 bridgehead atoms. The van der Waals surface area contributed by atoms with Crippen LogP contribution < -0.4 is 4.74 Å². The Labute approximate surface area is 143 Å². The minimum atomic E-state index is 0.188. The molecule has 1 aliphatic carbocycles. The van der Waals surface area contributed by atoms with Gasteiger partial charge in [0.1, 0.15) is 5.75 Å². The topological polar surface area (TPSA) is 47.4 Å². The lowest BCUT2D eigenvalue weighted by molar-refractivity contribution is -0.131. The van der Waals surface area contributed by atoms with Crippen molar-refractivity contribution in [3.8, 4) is 5.75 Å². The Morgan fingerprint density at radius 3 is 2.46 bits per heavy atom. The number of rotatable bonds is 6. The number of hydrogen-bond donors (Lipinski definition) is 0. The quantitative estimate of drug-likeness (QED) is 0.820. The van der Waals surface area contributed by atoms with E-state index in [-0.39, 0.29) is 5.91 Å². The van der Waals surface area contributed by atoms with Crippen LogP contribution in [0.5, 0.6) is 5.75 Å². The molecule has 0 atom stereocenters. The SMILES string of the molecule is COc1ccc(CN(C(=O)Cc2c(C)nn(C)c2C)C2CC2)cc1. The van der Waals surface area contributed by atoms with Crippen molar-refractivity contribution in [1.29, 1.82) is 0 Å². The van der Waals surface area contributed by atoms with Crippen molar-refractivity contribution in [3.63, 3.8) is 0 Å². The van der Waals surface area contributed by atoms with Crippen molar-refractivity contribution in [2.75, 3.05) is 7.11 Å². The number of aryl methyl sites for hydroxylation is 2. The van der Waals surface area contributed by atoms with Crippen LogP contribution in [0.1, 0.15) is 35.4 Å². The number of carbonyl (C=O) groups excluding carboxylic acids is 1. The smallest absolute Gasteiger partial charge is 0.227 e. The maximum atomic E-state index is 12.9. The number of carbonyl (C=O) groups is 1. The Morgan fingerprint density at radius 1 is 1.29 bits per heavy atom. The highest BCUT2D eigenvalue weighted by atomic mass is 16.5. The summed E-state index contributed by atoms with van der Waals surface area (Å²) in [5.41, 5.74) is 4.21. The van der Waals surface area contributed by atoms with Crippen LogP contribution in [-0.2, 0) is 24.8 Å². The Kier molecular flexibility index (Phi) is 4.60. The summed E-state index contributed by atoms with van der Waals surface area (Å²) in [6.45, 7) is 4.65. The Balaban J connectivity index is 1.74. The molecule has 1 heterocycles. The van der Waals surface area contributed by atoms with Crippen LogP contribution in [0.4, 0.5) is 0 Å². The molecule has 0 saturated heterocycles. The second-order valence-corrected chi connectivity index (χ2v) is 6.55. The summed E-state index contributed by atoms with van der Waals surface area (Å²) in [7, 11) is 3.58. The lowest BCUT2D eigenvalue weighted by Gasteiger charge is -2.23. The highest BCUT2D eigenvalue weighted by Crippen LogP contribution is 2.30. The molecule has 0 aliphatic heterocycles. The van der Waals surface area contributed by atoms with Crippen LogP contribution >= 0.6 is 0 Å². The second kappa shape index (κ2) is 6.67. The molecule has 1 aromatic heterocycles. The van der Waals surface area contributed by atoms with Crippen molar-refractivity contribution in [2.45, 2.75) is 45.7 Å². The van der Waals surface area contributed by atoms with Gasteiger partial charge in [-0.1, -0.05) is 12.1 Å². The molecular formula is C19H25N3O2. The summed E-state index contributed by atoms with van der Waals surface area (Å²) in [5, 5.41) is 4.42. The zero-order chi connectivity index (χ0) is 17.3. The number of hydrogen-bond acceptors (Lipinski definition) is 3. The van der Waals surface area contributed by atoms with Crippen molar-refractivity contribution in [3.05, 3.63) is 46.8 Å². The molecule has 1 aromatic carbocycles. The lowest BCUT2D eigenvalue weighted by Crippen LogP contribution is -2.34. The van der Waals surface area contributed by atoms with E-state index in [2.05, 4.69) is 5.10 Å². The number of aromatic nitrogens is 2. The summed E-state index contributed by atoms with van der Waals surface area (Å²) in [5.74, 6) is 1.03. The third kappa shape index (κ3) is 3.45. The van der Waals surface area contributed by atoms with Crippen molar-refractivity contribution < 1.29 is 9.53 Å². The van der Waals surface area contributed by atoms with E-state index in [9.17, 15) is 4.79 Å². The van der Waals surface area contributed by atoms with E-state index in [1.54, 1.807) is 7.11 Å². The highest BCUT2D eigenvalue weighted by Gasteiger charge is 2.33. The number of methoxy groups -OCH3 is 1. The Hall–Kier alpha value is -2.30. The zero-order valence-corrected chi connectivity index (χ0v) is 14.9. The molecule has 0 unspecified atom stereocenters. The van der Waals surface area contributed by atoms with Crippen molar-refractivity contribution in [2.24, 2.45) is 7.05 Å². The third-order valence-corrected chi connectivity index (χ3v) is 4.81. The number of benzene rings is 1. The van der Waals surface area contributed by atoms with Crippen LogP contribution in [-0.4, -0.2) is 33.7 Å². The average molecular weight is 327 g/mol. The molecule has 0 spiro atoms. The molecule has 2 aromatic rings. The molecule has 3 rings (SSSR count). The van der Waals surface area contributed by atoms with E-state index in [1.165, 1.54) is 0 Å². The molecule has 128 valence electrons. The molecule has 1 saturated carbocycles. The molecule has 1 aliphatic rings. The van der Waals surface area contributed by atoms with Gasteiger partial charge < -0.3 is 9.64 Å². The molecule has 5 nitrogen and oxygen atoms in total. The fourth-order valence-electron chi connectivity index (χ4n) is 3.06. The molecule has 0 N–H and O–H groups in total. The molecule has 1 amide bonds. The molecular weight excluding hydrogens is 302 g/mol. The molecule has 5 heteroatoms. The normalized spacial score (nSPS) is 13.8. The largest absolute Gasteiger partial charge is 0.497 e. The number of amides is 1. The van der Waals surface area contributed by atoms with Crippen molar-refractivity contribution in [1.82, 2.24) is 14.7 Å². The predicted molar refractivity (Wildman–Crippen MR) is 93.0 cm³/mol. The van der Waals surface area contributed by atoms with E-state index in [1.807, 2.05) is 54.7 Å². The first-order chi connectivity index (χ1) is 11.5. The summed E-state index contributed by atoms with van der Waals surface area (Å²) in [6.07, 6.45) is 2.64. The van der Waals surface area contributed by atoms with E-state index >= 15 is 0 Å². The summed E-state index contributed by atoms with van der Waals surface area (Å²) >= 11 is 0. The lowest BCUT2D eigenvalue weighted by atomic mass is 10.1. The summed E-state index contributed by atoms with van der Waals surface area (Å²) in [6, 6.07) is 8.34. The van der Waals surface area contributed by atoms with Gasteiger partial charge in [-0.15, -0.1) is 0 Å². The molecule has 24 heavy (non-hydrogen) atoms. The second-order valence-electron chi connectivity index (χ2n) is 6.55. The minimum absolute atomic E-state index is 0.188. The number of ether oxygens (including phenoxy) is 1. The van der Waals surface area contributed by atoms with E-state index in [4.69, 9.17) is 4.74 Å². The van der Waals surface area contributed by atoms with Gasteiger partial charge in [-0.2, -0.15) is 5.10 Å². The molecule has 1 fully saturated rings. The van der Waals surface area contributed by atoms with Gasteiger partial charge in [-0.05, 0) is 44.4 Å². The van der Waals surface area contributed by atoms with Gasteiger partial charge in [-0.25, -0.2) is 0 Å². The fourth-order valence-corrected chi connectivity index (χ4v) is 3.06. The third-order valence-electron chi connectivity index (χ3n) is 4.81. The average Bonchev–Trinajstić information content (AvgIpc) is 3.38. The predicted octanol–water partition coefficient (Wildman–Crippen LogP) is 2.78. The van der Waals surface area contributed by atoms with Gasteiger partial charge in [0.05, 0.1) is 19.2 Å². The maximum absolute atomic E-state index is 12.9. The first-order valence-electron chi connectivity index (χ1n) is 8.41. The Bertz CT molecular complexity index is 730. The van der Waals surface area contributed by atoms with Crippen LogP contribution in [0.25, 0.3) is 0 Å². The van der Waals surface area contributed by atoms with Crippen LogP contribution in [0.15, 0.2) is 24.3 Å². The van der Waals surface area contributed by atoms with Crippen LogP contribution in [0.3, 0.4) is 0 Å². The minimum Gasteiger partial charge on any atom is -0.497 e. The van der Waals surface area contributed by atoms with Gasteiger partial charge in [0.2, 0.25) is 5.91 Å². The van der Waals surface area contributed by atoms with E-state index < -0.39 is 0 Å². The standard InChI is InChI=1S/C19H25N3O2/c1-13-18(14(2)21(3)20-13)11-19(23)22(16-7-8-16)12-15-5-9-17(24-4)10-6-15/h5-6,9-10,16H,7-8,11-12H2,1-4H3. The monoisotopic (exact) mass is 327 g/mol. The van der Waals surface area contributed by atoms with E-state index in [0.29, 0.717) is 19.0 Å². The van der Waals surface area contributed by atoms with Gasteiger partial charge in [-0.3, -0.25) is 9.48 Å². The first-order valence-corrected chi connectivity index (χ1v) is 8.41. The first kappa shape index (κ1) is 16.6. The van der Waals surface area contributed by atoms with Gasteiger partial charge in [0.25, 0.3) is 0 Å². The summed E-state index contributed by atoms with van der Waals surface area (Å²) < 4.78 is 7.05. The van der Waals surface area contributed by atoms with Crippen LogP contribution in [0.2, 0.25) is 0 Å². The van der Waals surface area contributed by atoms with Crippen molar-refractivity contribution >= 4 is 5.91 Å². The molecule has 0 radical (unpaired) electrons. The van der Waals surface area contributed by atoms with Gasteiger partial charge >= 0.3 is 0 Å². The van der Waals surface area contributed by atoms with E-state index in [0.717, 1.165) is 41.1 Å². The number of nitrogens with zero attached hydrogens (tertiary/aromatic N) is 3. The highest BCUT2D eigenvalue weighted by molar-refractivity contribution is 5.80. The maximum Gasteiger partial charge on any atom is 0.227 e. The van der Waals surface area contributed by atoms with Crippen LogP contribution in [0, 0.1) is 13.8 Å². The summed E-state index contributed by atoms with van der Waals surface area (Å²) in [4.78, 5) is 14.9. The Morgan fingerprint density at radius 2 is 1.96 bits per heavy atom. The fraction of sp³-hybridized carbons (Fsp3) is 0.474. The van der Waals surface area contributed by atoms with Gasteiger partial charge in [0, 0.05) is 30.9 Å². The zero-order valence-electron chi connectivity index (χ0n) is 14.9. The van der Waals surface area contributed by atoms with Gasteiger partial charge in [0.15, 0.2) is 0 Å².